The standard InChI is InChI=1S/C15H27N3O2S/c1-5-16-14-10-7-8-11-15(14)21(19,20)18(6-2)13-9-12-17(3)4/h7-8,10-11,16H,5-6,9,12-13H2,1-4H3. The molecule has 1 rings (SSSR count). The van der Waals surface area contributed by atoms with Crippen molar-refractivity contribution in [1.82, 2.24) is 9.21 Å². The first-order chi connectivity index (χ1) is 9.93. The molecule has 0 aliphatic heterocycles. The molecule has 0 radical (unpaired) electrons. The minimum Gasteiger partial charge on any atom is -0.384 e. The van der Waals surface area contributed by atoms with Gasteiger partial charge in [0, 0.05) is 19.6 Å². The molecule has 1 aromatic rings. The minimum atomic E-state index is -3.45. The average Bonchev–Trinajstić information content (AvgIpc) is 2.44. The van der Waals surface area contributed by atoms with Gasteiger partial charge in [-0.2, -0.15) is 4.31 Å². The Morgan fingerprint density at radius 2 is 1.76 bits per heavy atom. The summed E-state index contributed by atoms with van der Waals surface area (Å²) in [7, 11) is 0.533. The molecule has 120 valence electrons. The zero-order chi connectivity index (χ0) is 15.9. The van der Waals surface area contributed by atoms with Crippen molar-refractivity contribution >= 4 is 15.7 Å². The summed E-state index contributed by atoms with van der Waals surface area (Å²) in [5, 5.41) is 3.12. The number of hydrogen-bond donors (Lipinski definition) is 1. The van der Waals surface area contributed by atoms with Crippen LogP contribution in [0.5, 0.6) is 0 Å². The molecule has 0 atom stereocenters. The van der Waals surface area contributed by atoms with Crippen LogP contribution in [0.2, 0.25) is 0 Å². The van der Waals surface area contributed by atoms with Crippen LogP contribution in [0.1, 0.15) is 20.3 Å². The summed E-state index contributed by atoms with van der Waals surface area (Å²) in [5.74, 6) is 0. The van der Waals surface area contributed by atoms with E-state index in [1.54, 1.807) is 16.4 Å². The summed E-state index contributed by atoms with van der Waals surface area (Å²) < 4.78 is 27.2. The van der Waals surface area contributed by atoms with Gasteiger partial charge in [-0.15, -0.1) is 0 Å². The third-order valence-corrected chi connectivity index (χ3v) is 5.27. The first kappa shape index (κ1) is 17.9. The zero-order valence-corrected chi connectivity index (χ0v) is 14.3. The first-order valence-electron chi connectivity index (χ1n) is 7.41. The second-order valence-electron chi connectivity index (χ2n) is 5.18. The molecule has 0 heterocycles. The molecular formula is C15H27N3O2S. The highest BCUT2D eigenvalue weighted by Gasteiger charge is 2.25. The highest BCUT2D eigenvalue weighted by atomic mass is 32.2. The second kappa shape index (κ2) is 8.36. The molecule has 0 spiro atoms. The van der Waals surface area contributed by atoms with Crippen molar-refractivity contribution in [3.05, 3.63) is 24.3 Å². The Morgan fingerprint density at radius 3 is 2.33 bits per heavy atom. The number of anilines is 1. The highest BCUT2D eigenvalue weighted by molar-refractivity contribution is 7.89. The van der Waals surface area contributed by atoms with Gasteiger partial charge in [-0.1, -0.05) is 19.1 Å². The van der Waals surface area contributed by atoms with E-state index < -0.39 is 10.0 Å². The van der Waals surface area contributed by atoms with E-state index in [1.165, 1.54) is 0 Å². The molecule has 0 saturated heterocycles. The van der Waals surface area contributed by atoms with Gasteiger partial charge in [-0.3, -0.25) is 0 Å². The second-order valence-corrected chi connectivity index (χ2v) is 7.09. The predicted molar refractivity (Wildman–Crippen MR) is 88.2 cm³/mol. The van der Waals surface area contributed by atoms with Crippen LogP contribution in [0.15, 0.2) is 29.2 Å². The van der Waals surface area contributed by atoms with Gasteiger partial charge in [0.2, 0.25) is 10.0 Å². The fourth-order valence-electron chi connectivity index (χ4n) is 2.18. The Labute approximate surface area is 129 Å². The lowest BCUT2D eigenvalue weighted by molar-refractivity contribution is 0.356. The Kier molecular flexibility index (Phi) is 7.14. The lowest BCUT2D eigenvalue weighted by Gasteiger charge is -2.23. The van der Waals surface area contributed by atoms with Gasteiger partial charge in [0.1, 0.15) is 4.90 Å². The number of para-hydroxylation sites is 1. The maximum absolute atomic E-state index is 12.8. The molecule has 21 heavy (non-hydrogen) atoms. The molecule has 1 aromatic carbocycles. The maximum Gasteiger partial charge on any atom is 0.245 e. The number of nitrogens with zero attached hydrogens (tertiary/aromatic N) is 2. The van der Waals surface area contributed by atoms with Crippen molar-refractivity contribution in [2.45, 2.75) is 25.2 Å². The van der Waals surface area contributed by atoms with Crippen molar-refractivity contribution < 1.29 is 8.42 Å². The van der Waals surface area contributed by atoms with E-state index >= 15 is 0 Å². The number of rotatable bonds is 9. The molecule has 0 amide bonds. The third-order valence-electron chi connectivity index (χ3n) is 3.24. The molecule has 0 aliphatic carbocycles. The molecule has 0 aromatic heterocycles. The molecule has 5 nitrogen and oxygen atoms in total. The van der Waals surface area contributed by atoms with Gasteiger partial charge in [0.05, 0.1) is 5.69 Å². The molecule has 0 aliphatic rings. The first-order valence-corrected chi connectivity index (χ1v) is 8.85. The van der Waals surface area contributed by atoms with Crippen molar-refractivity contribution in [2.75, 3.05) is 45.6 Å². The van der Waals surface area contributed by atoms with Crippen LogP contribution in [0.4, 0.5) is 5.69 Å². The predicted octanol–water partition coefficient (Wildman–Crippen LogP) is 2.08. The van der Waals surface area contributed by atoms with Crippen LogP contribution in [0.3, 0.4) is 0 Å². The van der Waals surface area contributed by atoms with Crippen LogP contribution < -0.4 is 5.32 Å². The van der Waals surface area contributed by atoms with Crippen LogP contribution in [-0.4, -0.2) is 57.9 Å². The van der Waals surface area contributed by atoms with Crippen molar-refractivity contribution in [3.8, 4) is 0 Å². The average molecular weight is 313 g/mol. The number of hydrogen-bond acceptors (Lipinski definition) is 4. The third kappa shape index (κ3) is 4.98. The normalized spacial score (nSPS) is 12.1. The number of sulfonamides is 1. The van der Waals surface area contributed by atoms with E-state index in [-0.39, 0.29) is 0 Å². The molecule has 0 unspecified atom stereocenters. The lowest BCUT2D eigenvalue weighted by atomic mass is 10.3. The van der Waals surface area contributed by atoms with Crippen LogP contribution >= 0.6 is 0 Å². The minimum absolute atomic E-state index is 0.360. The summed E-state index contributed by atoms with van der Waals surface area (Å²) in [5.41, 5.74) is 0.672. The summed E-state index contributed by atoms with van der Waals surface area (Å²) in [4.78, 5) is 2.42. The molecular weight excluding hydrogens is 286 g/mol. The smallest absolute Gasteiger partial charge is 0.245 e. The van der Waals surface area contributed by atoms with Gasteiger partial charge < -0.3 is 10.2 Å². The highest BCUT2D eigenvalue weighted by Crippen LogP contribution is 2.24. The number of nitrogens with one attached hydrogen (secondary N) is 1. The van der Waals surface area contributed by atoms with Gasteiger partial charge in [-0.25, -0.2) is 8.42 Å². The van der Waals surface area contributed by atoms with Crippen LogP contribution in [-0.2, 0) is 10.0 Å². The Morgan fingerprint density at radius 1 is 1.10 bits per heavy atom. The summed E-state index contributed by atoms with van der Waals surface area (Å²) >= 11 is 0. The van der Waals surface area contributed by atoms with Gasteiger partial charge >= 0.3 is 0 Å². The lowest BCUT2D eigenvalue weighted by Crippen LogP contribution is -2.33. The fraction of sp³-hybridized carbons (Fsp3) is 0.600. The van der Waals surface area contributed by atoms with Gasteiger partial charge in [-0.05, 0) is 46.1 Å². The Hall–Kier alpha value is -1.11. The molecule has 0 fully saturated rings. The topological polar surface area (TPSA) is 52.7 Å². The summed E-state index contributed by atoms with van der Waals surface area (Å²) in [6.45, 7) is 6.43. The van der Waals surface area contributed by atoms with E-state index in [4.69, 9.17) is 0 Å². The summed E-state index contributed by atoms with van der Waals surface area (Å²) in [6.07, 6.45) is 0.823. The van der Waals surface area contributed by atoms with Crippen molar-refractivity contribution in [2.24, 2.45) is 0 Å². The molecule has 0 saturated carbocycles. The van der Waals surface area contributed by atoms with Gasteiger partial charge in [0.15, 0.2) is 0 Å². The van der Waals surface area contributed by atoms with E-state index in [0.29, 0.717) is 30.2 Å². The molecule has 0 bridgehead atoms. The van der Waals surface area contributed by atoms with Crippen molar-refractivity contribution in [3.63, 3.8) is 0 Å². The van der Waals surface area contributed by atoms with Gasteiger partial charge in [0.25, 0.3) is 0 Å². The SMILES string of the molecule is CCNc1ccccc1S(=O)(=O)N(CC)CCCN(C)C. The van der Waals surface area contributed by atoms with E-state index in [9.17, 15) is 8.42 Å². The van der Waals surface area contributed by atoms with E-state index in [1.807, 2.05) is 40.1 Å². The Bertz CT molecular complexity index is 529. The van der Waals surface area contributed by atoms with E-state index in [2.05, 4.69) is 10.2 Å². The molecule has 1 N–H and O–H groups in total. The van der Waals surface area contributed by atoms with Crippen molar-refractivity contribution in [1.29, 1.82) is 0 Å². The zero-order valence-electron chi connectivity index (χ0n) is 13.5. The van der Waals surface area contributed by atoms with Crippen LogP contribution in [0, 0.1) is 0 Å². The number of benzene rings is 1. The van der Waals surface area contributed by atoms with E-state index in [0.717, 1.165) is 13.0 Å². The monoisotopic (exact) mass is 313 g/mol. The Balaban J connectivity index is 2.96. The van der Waals surface area contributed by atoms with Crippen LogP contribution in [0.25, 0.3) is 0 Å². The quantitative estimate of drug-likeness (QED) is 0.758. The largest absolute Gasteiger partial charge is 0.384 e. The molecule has 6 heteroatoms. The maximum atomic E-state index is 12.8. The summed E-state index contributed by atoms with van der Waals surface area (Å²) in [6, 6.07) is 7.09. The fourth-order valence-corrected chi connectivity index (χ4v) is 3.83.